The van der Waals surface area contributed by atoms with E-state index in [9.17, 15) is 4.79 Å². The van der Waals surface area contributed by atoms with Gasteiger partial charge >= 0.3 is 0 Å². The van der Waals surface area contributed by atoms with Gasteiger partial charge in [-0.15, -0.1) is 0 Å². The topological polar surface area (TPSA) is 56.2 Å². The van der Waals surface area contributed by atoms with Gasteiger partial charge in [-0.2, -0.15) is 0 Å². The summed E-state index contributed by atoms with van der Waals surface area (Å²) in [6, 6.07) is 7.00. The van der Waals surface area contributed by atoms with Gasteiger partial charge in [0.05, 0.1) is 0 Å². The minimum absolute atomic E-state index is 0.0160. The Morgan fingerprint density at radius 2 is 2.19 bits per heavy atom. The van der Waals surface area contributed by atoms with Crippen molar-refractivity contribution in [2.24, 2.45) is 5.73 Å². The van der Waals surface area contributed by atoms with Crippen molar-refractivity contribution in [2.75, 3.05) is 6.54 Å². The van der Waals surface area contributed by atoms with Crippen molar-refractivity contribution < 1.29 is 9.21 Å². The normalized spacial score (nSPS) is 10.9. The molecule has 0 aliphatic heterocycles. The Morgan fingerprint density at radius 1 is 1.38 bits per heavy atom. The van der Waals surface area contributed by atoms with Gasteiger partial charge in [-0.1, -0.05) is 11.6 Å². The average molecular weight is 238 g/mol. The minimum Gasteiger partial charge on any atom is -0.453 e. The number of ketones is 1. The Bertz CT molecular complexity index is 519. The lowest BCUT2D eigenvalue weighted by molar-refractivity contribution is 0.0956. The maximum absolute atomic E-state index is 11.7. The molecule has 0 unspecified atom stereocenters. The molecule has 2 rings (SSSR count). The monoisotopic (exact) mass is 237 g/mol. The molecule has 0 aliphatic carbocycles. The molecule has 4 heteroatoms. The van der Waals surface area contributed by atoms with Crippen LogP contribution in [-0.2, 0) is 0 Å². The van der Waals surface area contributed by atoms with Crippen molar-refractivity contribution >= 4 is 28.4 Å². The standard InChI is InChI=1S/C12H12ClNO2/c13-9-3-4-11-8(6-9)7-12(16-11)10(15)2-1-5-14/h3-4,6-7H,1-2,5,14H2. The summed E-state index contributed by atoms with van der Waals surface area (Å²) in [5, 5.41) is 1.48. The van der Waals surface area contributed by atoms with Crippen molar-refractivity contribution in [2.45, 2.75) is 12.8 Å². The number of carbonyl (C=O) groups excluding carboxylic acids is 1. The molecular weight excluding hydrogens is 226 g/mol. The highest BCUT2D eigenvalue weighted by molar-refractivity contribution is 6.31. The van der Waals surface area contributed by atoms with E-state index in [1.54, 1.807) is 24.3 Å². The van der Waals surface area contributed by atoms with Crippen molar-refractivity contribution in [3.05, 3.63) is 35.0 Å². The second-order valence-electron chi connectivity index (χ2n) is 3.61. The fraction of sp³-hybridized carbons (Fsp3) is 0.250. The van der Waals surface area contributed by atoms with Crippen LogP contribution in [0.2, 0.25) is 5.02 Å². The molecule has 0 radical (unpaired) electrons. The van der Waals surface area contributed by atoms with E-state index in [0.717, 1.165) is 5.39 Å². The number of hydrogen-bond acceptors (Lipinski definition) is 3. The second-order valence-corrected chi connectivity index (χ2v) is 4.04. The van der Waals surface area contributed by atoms with Crippen molar-refractivity contribution in [3.63, 3.8) is 0 Å². The maximum atomic E-state index is 11.7. The van der Waals surface area contributed by atoms with Crippen LogP contribution in [0, 0.1) is 0 Å². The summed E-state index contributed by atoms with van der Waals surface area (Å²) < 4.78 is 5.43. The van der Waals surface area contributed by atoms with Gasteiger partial charge in [-0.25, -0.2) is 0 Å². The van der Waals surface area contributed by atoms with E-state index in [2.05, 4.69) is 0 Å². The Balaban J connectivity index is 2.28. The summed E-state index contributed by atoms with van der Waals surface area (Å²) in [4.78, 5) is 11.7. The number of benzene rings is 1. The molecule has 84 valence electrons. The van der Waals surface area contributed by atoms with Crippen LogP contribution in [0.5, 0.6) is 0 Å². The predicted octanol–water partition coefficient (Wildman–Crippen LogP) is 3.01. The molecule has 0 saturated carbocycles. The molecule has 0 bridgehead atoms. The number of fused-ring (bicyclic) bond motifs is 1. The van der Waals surface area contributed by atoms with Crippen molar-refractivity contribution in [3.8, 4) is 0 Å². The Kier molecular flexibility index (Phi) is 3.27. The first-order valence-electron chi connectivity index (χ1n) is 5.13. The Hall–Kier alpha value is -1.32. The highest BCUT2D eigenvalue weighted by Crippen LogP contribution is 2.23. The van der Waals surface area contributed by atoms with E-state index in [-0.39, 0.29) is 5.78 Å². The van der Waals surface area contributed by atoms with Crippen LogP contribution in [0.15, 0.2) is 28.7 Å². The zero-order chi connectivity index (χ0) is 11.5. The van der Waals surface area contributed by atoms with Gasteiger partial charge in [0.2, 0.25) is 0 Å². The molecule has 0 amide bonds. The molecule has 0 fully saturated rings. The Morgan fingerprint density at radius 3 is 2.94 bits per heavy atom. The third-order valence-electron chi connectivity index (χ3n) is 2.36. The number of hydrogen-bond donors (Lipinski definition) is 1. The van der Waals surface area contributed by atoms with Gasteiger partial charge in [-0.3, -0.25) is 4.79 Å². The van der Waals surface area contributed by atoms with E-state index in [1.165, 1.54) is 0 Å². The molecule has 0 aliphatic rings. The fourth-order valence-corrected chi connectivity index (χ4v) is 1.72. The van der Waals surface area contributed by atoms with E-state index in [4.69, 9.17) is 21.8 Å². The van der Waals surface area contributed by atoms with Crippen molar-refractivity contribution in [1.82, 2.24) is 0 Å². The quantitative estimate of drug-likeness (QED) is 0.832. The lowest BCUT2D eigenvalue weighted by Gasteiger charge is -1.93. The summed E-state index contributed by atoms with van der Waals surface area (Å²) >= 11 is 5.85. The van der Waals surface area contributed by atoms with Crippen LogP contribution in [0.3, 0.4) is 0 Å². The first-order chi connectivity index (χ1) is 7.70. The van der Waals surface area contributed by atoms with Gasteiger partial charge in [0.15, 0.2) is 11.5 Å². The summed E-state index contributed by atoms with van der Waals surface area (Å²) in [5.41, 5.74) is 6.03. The van der Waals surface area contributed by atoms with Gasteiger partial charge in [0.25, 0.3) is 0 Å². The van der Waals surface area contributed by atoms with E-state index in [0.29, 0.717) is 35.8 Å². The molecule has 1 aromatic carbocycles. The zero-order valence-corrected chi connectivity index (χ0v) is 9.46. The molecule has 0 saturated heterocycles. The molecule has 1 aromatic heterocycles. The van der Waals surface area contributed by atoms with Crippen LogP contribution in [0.25, 0.3) is 11.0 Å². The van der Waals surface area contributed by atoms with Crippen LogP contribution in [-0.4, -0.2) is 12.3 Å². The summed E-state index contributed by atoms with van der Waals surface area (Å²) in [5.74, 6) is 0.364. The molecule has 3 nitrogen and oxygen atoms in total. The summed E-state index contributed by atoms with van der Waals surface area (Å²) in [7, 11) is 0. The molecule has 0 atom stereocenters. The highest BCUT2D eigenvalue weighted by atomic mass is 35.5. The molecule has 16 heavy (non-hydrogen) atoms. The number of furan rings is 1. The SMILES string of the molecule is NCCCC(=O)c1cc2cc(Cl)ccc2o1. The summed E-state index contributed by atoms with van der Waals surface area (Å²) in [6.45, 7) is 0.512. The van der Waals surface area contributed by atoms with E-state index < -0.39 is 0 Å². The van der Waals surface area contributed by atoms with Crippen LogP contribution >= 0.6 is 11.6 Å². The molecular formula is C12H12ClNO2. The minimum atomic E-state index is -0.0160. The van der Waals surface area contributed by atoms with Gasteiger partial charge < -0.3 is 10.2 Å². The zero-order valence-electron chi connectivity index (χ0n) is 8.70. The second kappa shape index (κ2) is 4.68. The Labute approximate surface area is 98.2 Å². The highest BCUT2D eigenvalue weighted by Gasteiger charge is 2.11. The third kappa shape index (κ3) is 2.26. The number of rotatable bonds is 4. The maximum Gasteiger partial charge on any atom is 0.198 e. The lowest BCUT2D eigenvalue weighted by atomic mass is 10.1. The van der Waals surface area contributed by atoms with E-state index in [1.807, 2.05) is 0 Å². The number of halogens is 1. The van der Waals surface area contributed by atoms with Gasteiger partial charge in [0.1, 0.15) is 5.58 Å². The predicted molar refractivity (Wildman–Crippen MR) is 63.8 cm³/mol. The van der Waals surface area contributed by atoms with Crippen molar-refractivity contribution in [1.29, 1.82) is 0 Å². The third-order valence-corrected chi connectivity index (χ3v) is 2.60. The largest absolute Gasteiger partial charge is 0.453 e. The lowest BCUT2D eigenvalue weighted by Crippen LogP contribution is -2.03. The van der Waals surface area contributed by atoms with Crippen LogP contribution < -0.4 is 5.73 Å². The number of Topliss-reactive ketones (excluding diaryl/α,β-unsaturated/α-hetero) is 1. The first-order valence-corrected chi connectivity index (χ1v) is 5.51. The molecule has 2 aromatic rings. The van der Waals surface area contributed by atoms with Gasteiger partial charge in [-0.05, 0) is 37.2 Å². The fourth-order valence-electron chi connectivity index (χ4n) is 1.54. The smallest absolute Gasteiger partial charge is 0.198 e. The average Bonchev–Trinajstić information content (AvgIpc) is 2.68. The number of nitrogens with two attached hydrogens (primary N) is 1. The molecule has 2 N–H and O–H groups in total. The van der Waals surface area contributed by atoms with Gasteiger partial charge in [0, 0.05) is 16.8 Å². The first kappa shape index (κ1) is 11.2. The van der Waals surface area contributed by atoms with Crippen LogP contribution in [0.1, 0.15) is 23.4 Å². The van der Waals surface area contributed by atoms with Crippen LogP contribution in [0.4, 0.5) is 0 Å². The van der Waals surface area contributed by atoms with E-state index >= 15 is 0 Å². The number of carbonyl (C=O) groups is 1. The summed E-state index contributed by atoms with van der Waals surface area (Å²) in [6.07, 6.45) is 1.10. The molecule has 1 heterocycles. The molecule has 0 spiro atoms.